The second-order valence-electron chi connectivity index (χ2n) is 5.86. The molecular weight excluding hydrogens is 468 g/mol. The van der Waals surface area contributed by atoms with Crippen molar-refractivity contribution in [1.82, 2.24) is 9.97 Å². The van der Waals surface area contributed by atoms with Gasteiger partial charge in [-0.15, -0.1) is 0 Å². The molecule has 0 aliphatic rings. The molecule has 0 bridgehead atoms. The van der Waals surface area contributed by atoms with Gasteiger partial charge in [-0.3, -0.25) is 0 Å². The third-order valence-corrected chi connectivity index (χ3v) is 5.45. The van der Waals surface area contributed by atoms with Gasteiger partial charge in [0.15, 0.2) is 0 Å². The van der Waals surface area contributed by atoms with Crippen LogP contribution >= 0.6 is 0 Å². The van der Waals surface area contributed by atoms with Crippen molar-refractivity contribution < 1.29 is 14.2 Å². The molecule has 1 heterocycles. The number of ether oxygens (including phenoxy) is 3. The molecule has 2 aromatic carbocycles. The monoisotopic (exact) mass is 487 g/mol. The minimum atomic E-state index is 0.576. The second kappa shape index (κ2) is 8.41. The van der Waals surface area contributed by atoms with Gasteiger partial charge in [-0.05, 0) is 0 Å². The number of benzene rings is 2. The van der Waals surface area contributed by atoms with E-state index in [1.165, 1.54) is 5.56 Å². The predicted molar refractivity (Wildman–Crippen MR) is 108 cm³/mol. The molecular formula is C19H19As2N3O3. The van der Waals surface area contributed by atoms with Gasteiger partial charge in [-0.25, -0.2) is 0 Å². The van der Waals surface area contributed by atoms with E-state index in [0.29, 0.717) is 28.4 Å². The standard InChI is InChI=1S/C19H19As2N3O3/c1-10-11(5-6-13-16(10)18(20)24-19(21)23-13)9-22-12-7-14(25-2)17(27-4)15(8-12)26-3/h5-8,22H,9H2,1-4H3. The number of nitrogens with one attached hydrogen (secondary N) is 1. The summed E-state index contributed by atoms with van der Waals surface area (Å²) in [6.45, 7) is 2.75. The Balaban J connectivity index is 1.92. The topological polar surface area (TPSA) is 65.5 Å². The zero-order valence-corrected chi connectivity index (χ0v) is 19.3. The molecule has 0 aliphatic heterocycles. The third-order valence-electron chi connectivity index (χ3n) is 4.35. The average molecular weight is 487 g/mol. The molecule has 138 valence electrons. The summed E-state index contributed by atoms with van der Waals surface area (Å²) in [7, 11) is 4.81. The van der Waals surface area contributed by atoms with E-state index in [-0.39, 0.29) is 0 Å². The predicted octanol–water partition coefficient (Wildman–Crippen LogP) is 1.16. The Morgan fingerprint density at radius 3 is 2.22 bits per heavy atom. The molecule has 0 atom stereocenters. The fourth-order valence-electron chi connectivity index (χ4n) is 2.97. The van der Waals surface area contributed by atoms with Crippen LogP contribution < -0.4 is 28.6 Å². The summed E-state index contributed by atoms with van der Waals surface area (Å²) in [4.78, 5) is 8.96. The zero-order valence-electron chi connectivity index (χ0n) is 15.5. The Morgan fingerprint density at radius 1 is 0.963 bits per heavy atom. The number of rotatable bonds is 6. The number of nitrogens with zero attached hydrogens (tertiary/aromatic N) is 2. The first-order chi connectivity index (χ1) is 13.0. The van der Waals surface area contributed by atoms with Gasteiger partial charge < -0.3 is 0 Å². The van der Waals surface area contributed by atoms with Crippen molar-refractivity contribution in [2.24, 2.45) is 0 Å². The minimum absolute atomic E-state index is 0.576. The number of methoxy groups -OCH3 is 3. The van der Waals surface area contributed by atoms with Gasteiger partial charge in [-0.2, -0.15) is 0 Å². The Labute approximate surface area is 176 Å². The molecule has 0 unspecified atom stereocenters. The summed E-state index contributed by atoms with van der Waals surface area (Å²) in [5, 5.41) is 4.51. The van der Waals surface area contributed by atoms with Crippen LogP contribution in [0, 0.1) is 6.92 Å². The fourth-order valence-corrected chi connectivity index (χ4v) is 4.57. The zero-order chi connectivity index (χ0) is 19.6. The quantitative estimate of drug-likeness (QED) is 0.527. The van der Waals surface area contributed by atoms with Crippen LogP contribution in [-0.2, 0) is 6.54 Å². The van der Waals surface area contributed by atoms with Crippen molar-refractivity contribution in [2.45, 2.75) is 13.5 Å². The van der Waals surface area contributed by atoms with Crippen LogP contribution in [0.3, 0.4) is 0 Å². The molecule has 3 aromatic rings. The summed E-state index contributed by atoms with van der Waals surface area (Å²) < 4.78 is 17.8. The van der Waals surface area contributed by atoms with Gasteiger partial charge >= 0.3 is 176 Å². The van der Waals surface area contributed by atoms with Crippen LogP contribution in [0.25, 0.3) is 10.9 Å². The van der Waals surface area contributed by atoms with Crippen LogP contribution in [0.1, 0.15) is 11.1 Å². The molecule has 0 saturated carbocycles. The molecule has 8 heteroatoms. The summed E-state index contributed by atoms with van der Waals surface area (Å²) in [5.41, 5.74) is 4.17. The van der Waals surface area contributed by atoms with Gasteiger partial charge in [0.25, 0.3) is 0 Å². The molecule has 0 aliphatic carbocycles. The maximum absolute atomic E-state index is 5.41. The molecule has 0 fully saturated rings. The van der Waals surface area contributed by atoms with E-state index in [9.17, 15) is 0 Å². The van der Waals surface area contributed by atoms with Gasteiger partial charge in [0.05, 0.1) is 0 Å². The van der Waals surface area contributed by atoms with Gasteiger partial charge in [0, 0.05) is 0 Å². The molecule has 1 aromatic heterocycles. The number of fused-ring (bicyclic) bond motifs is 1. The van der Waals surface area contributed by atoms with E-state index in [0.717, 1.165) is 26.6 Å². The number of aryl methyl sites for hydroxylation is 1. The fraction of sp³-hybridized carbons (Fsp3) is 0.263. The average Bonchev–Trinajstić information content (AvgIpc) is 2.65. The van der Waals surface area contributed by atoms with E-state index < -0.39 is 0 Å². The van der Waals surface area contributed by atoms with E-state index >= 15 is 0 Å². The van der Waals surface area contributed by atoms with Gasteiger partial charge in [0.2, 0.25) is 0 Å². The van der Waals surface area contributed by atoms with Crippen LogP contribution in [-0.4, -0.2) is 65.0 Å². The van der Waals surface area contributed by atoms with Crippen LogP contribution in [0.15, 0.2) is 24.3 Å². The summed E-state index contributed by atoms with van der Waals surface area (Å²) in [6, 6.07) is 7.91. The number of hydrogen-bond donors (Lipinski definition) is 1. The summed E-state index contributed by atoms with van der Waals surface area (Å²) >= 11 is 4.92. The van der Waals surface area contributed by atoms with Crippen LogP contribution in [0.4, 0.5) is 5.69 Å². The molecule has 1 N–H and O–H groups in total. The van der Waals surface area contributed by atoms with Crippen LogP contribution in [0.2, 0.25) is 0 Å². The summed E-state index contributed by atoms with van der Waals surface area (Å²) in [5.74, 6) is 1.81. The van der Waals surface area contributed by atoms with Gasteiger partial charge in [-0.1, -0.05) is 0 Å². The Morgan fingerprint density at radius 2 is 1.63 bits per heavy atom. The van der Waals surface area contributed by atoms with Crippen LogP contribution in [0.5, 0.6) is 17.2 Å². The third kappa shape index (κ3) is 4.02. The molecule has 6 nitrogen and oxygen atoms in total. The van der Waals surface area contributed by atoms with E-state index in [1.54, 1.807) is 21.3 Å². The van der Waals surface area contributed by atoms with Crippen molar-refractivity contribution in [1.29, 1.82) is 0 Å². The van der Waals surface area contributed by atoms with E-state index in [4.69, 9.17) is 14.2 Å². The molecule has 3 rings (SSSR count). The Hall–Kier alpha value is -1.90. The SMILES string of the molecule is COc1cc(NCc2ccc3nc([As])nc([As])c3c2C)cc(OC)c1OC. The van der Waals surface area contributed by atoms with Crippen molar-refractivity contribution in [3.8, 4) is 17.2 Å². The van der Waals surface area contributed by atoms with E-state index in [2.05, 4.69) is 62.0 Å². The number of hydrogen-bond acceptors (Lipinski definition) is 6. The summed E-state index contributed by atoms with van der Waals surface area (Å²) in [6.07, 6.45) is 0. The Kier molecular flexibility index (Phi) is 6.18. The van der Waals surface area contributed by atoms with E-state index in [1.807, 2.05) is 18.2 Å². The first-order valence-corrected chi connectivity index (χ1v) is 10.1. The number of aromatic nitrogens is 2. The van der Waals surface area contributed by atoms with Crippen molar-refractivity contribution in [3.05, 3.63) is 35.4 Å². The normalized spacial score (nSPS) is 10.7. The molecule has 4 radical (unpaired) electrons. The van der Waals surface area contributed by atoms with Crippen molar-refractivity contribution >= 4 is 59.4 Å². The molecule has 0 spiro atoms. The van der Waals surface area contributed by atoms with Crippen molar-refractivity contribution in [2.75, 3.05) is 26.6 Å². The molecule has 27 heavy (non-hydrogen) atoms. The second-order valence-corrected chi connectivity index (χ2v) is 7.59. The number of anilines is 1. The first kappa shape index (κ1) is 19.8. The van der Waals surface area contributed by atoms with Gasteiger partial charge in [0.1, 0.15) is 0 Å². The Bertz CT molecular complexity index is 971. The molecule has 0 saturated heterocycles. The molecule has 0 amide bonds. The van der Waals surface area contributed by atoms with Crippen molar-refractivity contribution in [3.63, 3.8) is 0 Å². The first-order valence-electron chi connectivity index (χ1n) is 8.20. The maximum atomic E-state index is 5.41.